The molecule has 0 spiro atoms. The molecule has 1 aliphatic carbocycles. The largest absolute Gasteiger partial charge is 0.380 e. The molecule has 142 valence electrons. The van der Waals surface area contributed by atoms with Crippen molar-refractivity contribution in [3.63, 3.8) is 0 Å². The summed E-state index contributed by atoms with van der Waals surface area (Å²) in [7, 11) is 3.43. The van der Waals surface area contributed by atoms with Crippen LogP contribution >= 0.6 is 0 Å². The highest BCUT2D eigenvalue weighted by Crippen LogP contribution is 2.31. The molecule has 2 aromatic rings. The van der Waals surface area contributed by atoms with E-state index in [1.54, 1.807) is 14.2 Å². The Morgan fingerprint density at radius 1 is 0.778 bits per heavy atom. The molecule has 0 saturated heterocycles. The Balaban J connectivity index is 1.71. The lowest BCUT2D eigenvalue weighted by Crippen LogP contribution is -2.10. The van der Waals surface area contributed by atoms with Gasteiger partial charge in [-0.05, 0) is 25.0 Å². The van der Waals surface area contributed by atoms with Gasteiger partial charge in [-0.1, -0.05) is 42.8 Å². The Labute approximate surface area is 162 Å². The summed E-state index contributed by atoms with van der Waals surface area (Å²) in [4.78, 5) is 9.54. The molecule has 4 nitrogen and oxygen atoms in total. The molecule has 1 aliphatic rings. The van der Waals surface area contributed by atoms with Crippen LogP contribution in [0, 0.1) is 11.8 Å². The van der Waals surface area contributed by atoms with Gasteiger partial charge in [-0.25, -0.2) is 0 Å². The summed E-state index contributed by atoms with van der Waals surface area (Å²) in [6, 6.07) is 16.3. The summed E-state index contributed by atoms with van der Waals surface area (Å²) in [5.41, 5.74) is 4.22. The standard InChI is InChI=1S/C23H28N2O2/c1-26-16-20-8-3-5-12-22(20)24-14-18-10-7-11-19(18)15-25-23-13-6-4-9-21(23)17-27-2/h3-6,8-9,12-15,18-19H,7,10-11,16-17H2,1-2H3. The van der Waals surface area contributed by atoms with Crippen molar-refractivity contribution in [1.82, 2.24) is 0 Å². The van der Waals surface area contributed by atoms with Gasteiger partial charge in [0.15, 0.2) is 0 Å². The summed E-state index contributed by atoms with van der Waals surface area (Å²) < 4.78 is 10.5. The molecule has 3 rings (SSSR count). The first-order valence-electron chi connectivity index (χ1n) is 9.54. The molecule has 0 N–H and O–H groups in total. The number of methoxy groups -OCH3 is 2. The molecule has 0 bridgehead atoms. The van der Waals surface area contributed by atoms with Crippen molar-refractivity contribution in [2.45, 2.75) is 32.5 Å². The second-order valence-electron chi connectivity index (χ2n) is 6.94. The van der Waals surface area contributed by atoms with Crippen molar-refractivity contribution in [3.05, 3.63) is 59.7 Å². The van der Waals surface area contributed by atoms with E-state index in [9.17, 15) is 0 Å². The molecule has 1 saturated carbocycles. The van der Waals surface area contributed by atoms with Crippen LogP contribution in [-0.2, 0) is 22.7 Å². The maximum Gasteiger partial charge on any atom is 0.0734 e. The van der Waals surface area contributed by atoms with Crippen LogP contribution < -0.4 is 0 Å². The van der Waals surface area contributed by atoms with Gasteiger partial charge >= 0.3 is 0 Å². The lowest BCUT2D eigenvalue weighted by atomic mass is 9.98. The molecular formula is C23H28N2O2. The smallest absolute Gasteiger partial charge is 0.0734 e. The summed E-state index contributed by atoms with van der Waals surface area (Å²) in [6.45, 7) is 1.17. The lowest BCUT2D eigenvalue weighted by Gasteiger charge is -2.11. The number of rotatable bonds is 8. The lowest BCUT2D eigenvalue weighted by molar-refractivity contribution is 0.185. The van der Waals surface area contributed by atoms with Crippen LogP contribution in [0.15, 0.2) is 58.5 Å². The van der Waals surface area contributed by atoms with Crippen LogP contribution in [-0.4, -0.2) is 26.6 Å². The first-order valence-corrected chi connectivity index (χ1v) is 9.54. The normalized spacial score (nSPS) is 20.1. The van der Waals surface area contributed by atoms with E-state index >= 15 is 0 Å². The van der Waals surface area contributed by atoms with E-state index in [1.165, 1.54) is 6.42 Å². The summed E-state index contributed by atoms with van der Waals surface area (Å²) in [5.74, 6) is 0.859. The maximum absolute atomic E-state index is 5.27. The fraction of sp³-hybridized carbons (Fsp3) is 0.391. The molecule has 1 fully saturated rings. The van der Waals surface area contributed by atoms with Crippen LogP contribution in [0.25, 0.3) is 0 Å². The molecule has 2 unspecified atom stereocenters. The first-order chi connectivity index (χ1) is 13.3. The molecule has 4 heteroatoms. The van der Waals surface area contributed by atoms with Crippen molar-refractivity contribution in [3.8, 4) is 0 Å². The number of hydrogen-bond donors (Lipinski definition) is 0. The van der Waals surface area contributed by atoms with E-state index in [0.717, 1.165) is 35.3 Å². The fourth-order valence-corrected chi connectivity index (χ4v) is 3.57. The highest BCUT2D eigenvalue weighted by Gasteiger charge is 2.24. The SMILES string of the molecule is COCc1ccccc1N=CC1CCCC1C=Nc1ccccc1COC. The highest BCUT2D eigenvalue weighted by molar-refractivity contribution is 5.76. The second kappa shape index (κ2) is 10.1. The van der Waals surface area contributed by atoms with Crippen LogP contribution in [0.1, 0.15) is 30.4 Å². The first kappa shape index (κ1) is 19.5. The van der Waals surface area contributed by atoms with E-state index < -0.39 is 0 Å². The Morgan fingerprint density at radius 3 is 1.67 bits per heavy atom. The van der Waals surface area contributed by atoms with E-state index in [4.69, 9.17) is 19.5 Å². The van der Waals surface area contributed by atoms with E-state index in [-0.39, 0.29) is 0 Å². The molecular weight excluding hydrogens is 336 g/mol. The molecule has 2 aromatic carbocycles. The van der Waals surface area contributed by atoms with Gasteiger partial charge in [0.1, 0.15) is 0 Å². The van der Waals surface area contributed by atoms with Gasteiger partial charge in [0.05, 0.1) is 24.6 Å². The molecule has 0 aromatic heterocycles. The Bertz CT molecular complexity index is 720. The van der Waals surface area contributed by atoms with Gasteiger partial charge < -0.3 is 9.47 Å². The minimum absolute atomic E-state index is 0.430. The van der Waals surface area contributed by atoms with Gasteiger partial charge in [0.2, 0.25) is 0 Å². The van der Waals surface area contributed by atoms with Crippen molar-refractivity contribution in [2.24, 2.45) is 21.8 Å². The van der Waals surface area contributed by atoms with Gasteiger partial charge in [0, 0.05) is 49.6 Å². The number of hydrogen-bond acceptors (Lipinski definition) is 4. The zero-order valence-electron chi connectivity index (χ0n) is 16.2. The molecule has 0 amide bonds. The van der Waals surface area contributed by atoms with Crippen LogP contribution in [0.5, 0.6) is 0 Å². The number of para-hydroxylation sites is 2. The van der Waals surface area contributed by atoms with Gasteiger partial charge in [-0.3, -0.25) is 9.98 Å². The summed E-state index contributed by atoms with van der Waals surface area (Å²) in [6.07, 6.45) is 7.75. The third kappa shape index (κ3) is 5.34. The summed E-state index contributed by atoms with van der Waals surface area (Å²) >= 11 is 0. The monoisotopic (exact) mass is 364 g/mol. The van der Waals surface area contributed by atoms with E-state index in [0.29, 0.717) is 25.0 Å². The van der Waals surface area contributed by atoms with Crippen molar-refractivity contribution >= 4 is 23.8 Å². The number of benzene rings is 2. The minimum atomic E-state index is 0.430. The van der Waals surface area contributed by atoms with Gasteiger partial charge in [-0.2, -0.15) is 0 Å². The van der Waals surface area contributed by atoms with Crippen LogP contribution in [0.4, 0.5) is 11.4 Å². The highest BCUT2D eigenvalue weighted by atomic mass is 16.5. The molecule has 27 heavy (non-hydrogen) atoms. The van der Waals surface area contributed by atoms with Crippen molar-refractivity contribution < 1.29 is 9.47 Å². The number of aliphatic imine (C=N–C) groups is 2. The Morgan fingerprint density at radius 2 is 1.22 bits per heavy atom. The summed E-state index contributed by atoms with van der Waals surface area (Å²) in [5, 5.41) is 0. The molecule has 0 heterocycles. The van der Waals surface area contributed by atoms with Crippen molar-refractivity contribution in [1.29, 1.82) is 0 Å². The minimum Gasteiger partial charge on any atom is -0.380 e. The zero-order valence-corrected chi connectivity index (χ0v) is 16.2. The predicted molar refractivity (Wildman–Crippen MR) is 111 cm³/mol. The van der Waals surface area contributed by atoms with Crippen LogP contribution in [0.2, 0.25) is 0 Å². The number of ether oxygens (including phenoxy) is 2. The van der Waals surface area contributed by atoms with Crippen molar-refractivity contribution in [2.75, 3.05) is 14.2 Å². The Kier molecular flexibility index (Phi) is 7.31. The quantitative estimate of drug-likeness (QED) is 0.580. The van der Waals surface area contributed by atoms with E-state index in [1.807, 2.05) is 36.4 Å². The molecule has 0 aliphatic heterocycles. The maximum atomic E-state index is 5.27. The second-order valence-corrected chi connectivity index (χ2v) is 6.94. The molecule has 2 atom stereocenters. The third-order valence-corrected chi connectivity index (χ3v) is 5.02. The predicted octanol–water partition coefficient (Wildman–Crippen LogP) is 5.50. The molecule has 0 radical (unpaired) electrons. The van der Waals surface area contributed by atoms with E-state index in [2.05, 4.69) is 24.6 Å². The van der Waals surface area contributed by atoms with Gasteiger partial charge in [-0.15, -0.1) is 0 Å². The van der Waals surface area contributed by atoms with Crippen LogP contribution in [0.3, 0.4) is 0 Å². The topological polar surface area (TPSA) is 43.2 Å². The number of nitrogens with zero attached hydrogens (tertiary/aromatic N) is 2. The Hall–Kier alpha value is -2.30. The fourth-order valence-electron chi connectivity index (χ4n) is 3.57. The third-order valence-electron chi connectivity index (χ3n) is 5.02. The van der Waals surface area contributed by atoms with Gasteiger partial charge in [0.25, 0.3) is 0 Å². The average Bonchev–Trinajstić information content (AvgIpc) is 3.14. The average molecular weight is 364 g/mol. The zero-order chi connectivity index (χ0) is 18.9.